The van der Waals surface area contributed by atoms with E-state index in [1.807, 2.05) is 36.4 Å². The number of fused-ring (bicyclic) bond motifs is 1. The summed E-state index contributed by atoms with van der Waals surface area (Å²) in [6.07, 6.45) is 1.57. The molecule has 1 aliphatic heterocycles. The minimum Gasteiger partial charge on any atom is -0.324 e. The highest BCUT2D eigenvalue weighted by molar-refractivity contribution is 8.18. The number of amides is 3. The van der Waals surface area contributed by atoms with Gasteiger partial charge >= 0.3 is 0 Å². The van der Waals surface area contributed by atoms with Crippen molar-refractivity contribution < 1.29 is 14.4 Å². The zero-order chi connectivity index (χ0) is 20.4. The molecule has 7 heteroatoms. The fourth-order valence-corrected chi connectivity index (χ4v) is 4.06. The van der Waals surface area contributed by atoms with Crippen molar-refractivity contribution in [2.75, 3.05) is 11.9 Å². The maximum Gasteiger partial charge on any atom is 0.294 e. The van der Waals surface area contributed by atoms with Crippen LogP contribution in [0.5, 0.6) is 0 Å². The summed E-state index contributed by atoms with van der Waals surface area (Å²) in [5.74, 6) is -0.948. The number of hydrogen-bond donors (Lipinski definition) is 1. The van der Waals surface area contributed by atoms with Crippen molar-refractivity contribution in [3.63, 3.8) is 0 Å². The SMILES string of the molecule is O=C(CN1C(=O)S/C(=C/c2ccccc2Cl)C1=O)Nc1cccc2ccccc12. The monoisotopic (exact) mass is 422 g/mol. The maximum atomic E-state index is 12.6. The van der Waals surface area contributed by atoms with Crippen LogP contribution in [-0.2, 0) is 9.59 Å². The van der Waals surface area contributed by atoms with Crippen LogP contribution in [0, 0.1) is 0 Å². The zero-order valence-electron chi connectivity index (χ0n) is 15.1. The summed E-state index contributed by atoms with van der Waals surface area (Å²) in [6.45, 7) is -0.353. The van der Waals surface area contributed by atoms with E-state index in [1.54, 1.807) is 36.4 Å². The van der Waals surface area contributed by atoms with Crippen LogP contribution < -0.4 is 5.32 Å². The van der Waals surface area contributed by atoms with Gasteiger partial charge in [-0.05, 0) is 40.9 Å². The second-order valence-electron chi connectivity index (χ2n) is 6.36. The fraction of sp³-hybridized carbons (Fsp3) is 0.0455. The van der Waals surface area contributed by atoms with Gasteiger partial charge in [-0.15, -0.1) is 0 Å². The van der Waals surface area contributed by atoms with Crippen LogP contribution in [0.3, 0.4) is 0 Å². The number of benzene rings is 3. The lowest BCUT2D eigenvalue weighted by atomic mass is 10.1. The number of nitrogens with one attached hydrogen (secondary N) is 1. The number of anilines is 1. The number of carbonyl (C=O) groups is 3. The minimum absolute atomic E-state index is 0.237. The van der Waals surface area contributed by atoms with Crippen molar-refractivity contribution in [1.82, 2.24) is 4.90 Å². The quantitative estimate of drug-likeness (QED) is 0.589. The van der Waals surface area contributed by atoms with Gasteiger partial charge in [0.25, 0.3) is 11.1 Å². The van der Waals surface area contributed by atoms with E-state index in [2.05, 4.69) is 5.32 Å². The highest BCUT2D eigenvalue weighted by Crippen LogP contribution is 2.33. The highest BCUT2D eigenvalue weighted by Gasteiger charge is 2.36. The first-order valence-corrected chi connectivity index (χ1v) is 10.00. The Bertz CT molecular complexity index is 1170. The molecule has 3 amide bonds. The molecule has 5 nitrogen and oxygen atoms in total. The normalized spacial score (nSPS) is 15.3. The van der Waals surface area contributed by atoms with Crippen molar-refractivity contribution in [2.24, 2.45) is 0 Å². The van der Waals surface area contributed by atoms with Gasteiger partial charge in [-0.3, -0.25) is 19.3 Å². The molecule has 0 spiro atoms. The lowest BCUT2D eigenvalue weighted by Gasteiger charge is -2.13. The lowest BCUT2D eigenvalue weighted by Crippen LogP contribution is -2.36. The molecule has 0 atom stereocenters. The van der Waals surface area contributed by atoms with Crippen molar-refractivity contribution >= 4 is 63.0 Å². The van der Waals surface area contributed by atoms with Gasteiger partial charge < -0.3 is 5.32 Å². The molecule has 144 valence electrons. The summed E-state index contributed by atoms with van der Waals surface area (Å²) >= 11 is 6.91. The van der Waals surface area contributed by atoms with Gasteiger partial charge in [0, 0.05) is 16.1 Å². The van der Waals surface area contributed by atoms with Gasteiger partial charge in [-0.2, -0.15) is 0 Å². The summed E-state index contributed by atoms with van der Waals surface area (Å²) in [7, 11) is 0. The van der Waals surface area contributed by atoms with Crippen LogP contribution in [0.25, 0.3) is 16.8 Å². The van der Waals surface area contributed by atoms with E-state index in [0.29, 0.717) is 16.3 Å². The summed E-state index contributed by atoms with van der Waals surface area (Å²) in [6, 6.07) is 20.2. The molecule has 4 rings (SSSR count). The highest BCUT2D eigenvalue weighted by atomic mass is 35.5. The molecule has 0 aliphatic carbocycles. The molecule has 0 saturated carbocycles. The van der Waals surface area contributed by atoms with E-state index in [4.69, 9.17) is 11.6 Å². The Balaban J connectivity index is 1.50. The standard InChI is InChI=1S/C22H15ClN2O3S/c23-17-10-4-2-7-15(17)12-19-21(27)25(22(28)29-19)13-20(26)24-18-11-5-8-14-6-1-3-9-16(14)18/h1-12H,13H2,(H,24,26)/b19-12+. The Kier molecular flexibility index (Phi) is 5.38. The smallest absolute Gasteiger partial charge is 0.294 e. The lowest BCUT2D eigenvalue weighted by molar-refractivity contribution is -0.127. The van der Waals surface area contributed by atoms with Crippen LogP contribution in [0.1, 0.15) is 5.56 Å². The summed E-state index contributed by atoms with van der Waals surface area (Å²) in [5.41, 5.74) is 1.27. The largest absolute Gasteiger partial charge is 0.324 e. The molecule has 0 aromatic heterocycles. The van der Waals surface area contributed by atoms with E-state index in [1.165, 1.54) is 0 Å². The van der Waals surface area contributed by atoms with E-state index in [9.17, 15) is 14.4 Å². The zero-order valence-corrected chi connectivity index (χ0v) is 16.7. The molecule has 1 N–H and O–H groups in total. The van der Waals surface area contributed by atoms with E-state index < -0.39 is 17.1 Å². The molecular weight excluding hydrogens is 408 g/mol. The van der Waals surface area contributed by atoms with Crippen molar-refractivity contribution in [3.05, 3.63) is 82.2 Å². The Labute approximate surface area is 176 Å². The molecule has 1 heterocycles. The number of hydrogen-bond acceptors (Lipinski definition) is 4. The number of carbonyl (C=O) groups excluding carboxylic acids is 3. The Morgan fingerprint density at radius 2 is 1.72 bits per heavy atom. The third kappa shape index (κ3) is 4.04. The third-order valence-corrected chi connectivity index (χ3v) is 5.68. The molecule has 3 aromatic rings. The maximum absolute atomic E-state index is 12.6. The second kappa shape index (κ2) is 8.11. The number of rotatable bonds is 4. The summed E-state index contributed by atoms with van der Waals surface area (Å²) < 4.78 is 0. The van der Waals surface area contributed by atoms with Crippen LogP contribution in [0.4, 0.5) is 10.5 Å². The molecule has 0 unspecified atom stereocenters. The first-order valence-electron chi connectivity index (χ1n) is 8.80. The number of halogens is 1. The third-order valence-electron chi connectivity index (χ3n) is 4.43. The fourth-order valence-electron chi connectivity index (χ4n) is 3.04. The first kappa shape index (κ1) is 19.2. The van der Waals surface area contributed by atoms with Crippen molar-refractivity contribution in [2.45, 2.75) is 0 Å². The molecule has 29 heavy (non-hydrogen) atoms. The van der Waals surface area contributed by atoms with E-state index in [0.717, 1.165) is 27.4 Å². The molecule has 1 fully saturated rings. The average molecular weight is 423 g/mol. The van der Waals surface area contributed by atoms with Crippen LogP contribution in [0.15, 0.2) is 71.6 Å². The van der Waals surface area contributed by atoms with Gasteiger partial charge in [-0.1, -0.05) is 66.2 Å². The number of nitrogens with zero attached hydrogens (tertiary/aromatic N) is 1. The van der Waals surface area contributed by atoms with Crippen molar-refractivity contribution in [3.8, 4) is 0 Å². The molecule has 3 aromatic carbocycles. The van der Waals surface area contributed by atoms with Gasteiger partial charge in [0.2, 0.25) is 5.91 Å². The number of thioether (sulfide) groups is 1. The molecular formula is C22H15ClN2O3S. The van der Waals surface area contributed by atoms with Crippen LogP contribution >= 0.6 is 23.4 Å². The van der Waals surface area contributed by atoms with E-state index in [-0.39, 0.29) is 11.4 Å². The van der Waals surface area contributed by atoms with Gasteiger partial charge in [-0.25, -0.2) is 0 Å². The number of imide groups is 1. The second-order valence-corrected chi connectivity index (χ2v) is 7.76. The predicted molar refractivity (Wildman–Crippen MR) is 117 cm³/mol. The molecule has 0 bridgehead atoms. The predicted octanol–water partition coefficient (Wildman–Crippen LogP) is 5.17. The van der Waals surface area contributed by atoms with Gasteiger partial charge in [0.1, 0.15) is 6.54 Å². The first-order chi connectivity index (χ1) is 14.0. The molecule has 0 radical (unpaired) electrons. The topological polar surface area (TPSA) is 66.5 Å². The van der Waals surface area contributed by atoms with Crippen LogP contribution in [0.2, 0.25) is 5.02 Å². The molecule has 1 aliphatic rings. The average Bonchev–Trinajstić information content (AvgIpc) is 2.97. The Morgan fingerprint density at radius 1 is 1.00 bits per heavy atom. The van der Waals surface area contributed by atoms with Crippen LogP contribution in [-0.4, -0.2) is 28.5 Å². The van der Waals surface area contributed by atoms with Gasteiger partial charge in [0.05, 0.1) is 4.91 Å². The minimum atomic E-state index is -0.506. The molecule has 1 saturated heterocycles. The Morgan fingerprint density at radius 3 is 2.55 bits per heavy atom. The summed E-state index contributed by atoms with van der Waals surface area (Å²) in [4.78, 5) is 38.6. The van der Waals surface area contributed by atoms with E-state index >= 15 is 0 Å². The van der Waals surface area contributed by atoms with Gasteiger partial charge in [0.15, 0.2) is 0 Å². The van der Waals surface area contributed by atoms with Crippen molar-refractivity contribution in [1.29, 1.82) is 0 Å². The Hall–Kier alpha value is -3.09. The summed E-state index contributed by atoms with van der Waals surface area (Å²) in [5, 5.41) is 4.66.